The van der Waals surface area contributed by atoms with Gasteiger partial charge in [0.2, 0.25) is 5.95 Å². The van der Waals surface area contributed by atoms with Gasteiger partial charge in [-0.15, -0.1) is 0 Å². The first-order chi connectivity index (χ1) is 9.36. The van der Waals surface area contributed by atoms with Crippen molar-refractivity contribution in [3.05, 3.63) is 28.2 Å². The van der Waals surface area contributed by atoms with E-state index in [0.29, 0.717) is 10.8 Å². The molecule has 9 nitrogen and oxygen atoms in total. The van der Waals surface area contributed by atoms with Gasteiger partial charge >= 0.3 is 0 Å². The number of primary amides is 1. The predicted octanol–water partition coefficient (Wildman–Crippen LogP) is -2.91. The van der Waals surface area contributed by atoms with E-state index in [1.807, 2.05) is 0 Å². The van der Waals surface area contributed by atoms with Crippen molar-refractivity contribution >= 4 is 5.91 Å². The Morgan fingerprint density at radius 3 is 2.65 bits per heavy atom. The molecule has 0 radical (unpaired) electrons. The van der Waals surface area contributed by atoms with E-state index in [2.05, 4.69) is 4.98 Å². The van der Waals surface area contributed by atoms with Crippen molar-refractivity contribution in [2.45, 2.75) is 24.5 Å². The second kappa shape index (κ2) is 5.25. The summed E-state index contributed by atoms with van der Waals surface area (Å²) in [5.41, 5.74) is 2.96. The zero-order valence-corrected chi connectivity index (χ0v) is 10.0. The number of hydrogen-bond donors (Lipinski definition) is 4. The van der Waals surface area contributed by atoms with Gasteiger partial charge in [0.05, 0.1) is 12.8 Å². The van der Waals surface area contributed by atoms with Crippen LogP contribution < -0.4 is 11.3 Å². The first kappa shape index (κ1) is 14.5. The standard InChI is InChI=1S/C10H12FN3O6/c11-4-1-14(9(19)5(13-4)8(12)18)10-7(17)6(16)3(2-15)20-10/h1,3,6-7,10,15-17H,2H2,(H2,12,18)/t3?,6-,7-,10?/m1/s1. The van der Waals surface area contributed by atoms with Gasteiger partial charge in [-0.2, -0.15) is 4.39 Å². The Hall–Kier alpha value is -1.88. The molecule has 0 aliphatic carbocycles. The molecule has 0 saturated carbocycles. The fraction of sp³-hybridized carbons (Fsp3) is 0.500. The topological polar surface area (TPSA) is 148 Å². The van der Waals surface area contributed by atoms with Gasteiger partial charge < -0.3 is 25.8 Å². The molecule has 5 N–H and O–H groups in total. The smallest absolute Gasteiger partial charge is 0.284 e. The van der Waals surface area contributed by atoms with Crippen molar-refractivity contribution in [3.8, 4) is 0 Å². The number of carbonyl (C=O) groups is 1. The minimum Gasteiger partial charge on any atom is -0.394 e. The maximum atomic E-state index is 13.3. The van der Waals surface area contributed by atoms with Crippen LogP contribution in [0.4, 0.5) is 4.39 Å². The van der Waals surface area contributed by atoms with Gasteiger partial charge in [0, 0.05) is 0 Å². The zero-order valence-electron chi connectivity index (χ0n) is 10.0. The number of nitrogens with two attached hydrogens (primary N) is 1. The Balaban J connectivity index is 2.49. The molecule has 1 aromatic heterocycles. The molecule has 1 aliphatic rings. The summed E-state index contributed by atoms with van der Waals surface area (Å²) in [6.45, 7) is -0.611. The van der Waals surface area contributed by atoms with E-state index in [1.54, 1.807) is 0 Å². The highest BCUT2D eigenvalue weighted by Crippen LogP contribution is 2.28. The summed E-state index contributed by atoms with van der Waals surface area (Å²) in [7, 11) is 0. The number of aliphatic hydroxyl groups excluding tert-OH is 3. The monoisotopic (exact) mass is 289 g/mol. The Morgan fingerprint density at radius 2 is 2.15 bits per heavy atom. The van der Waals surface area contributed by atoms with Crippen LogP contribution >= 0.6 is 0 Å². The van der Waals surface area contributed by atoms with Gasteiger partial charge in [-0.1, -0.05) is 0 Å². The lowest BCUT2D eigenvalue weighted by Crippen LogP contribution is -2.38. The maximum Gasteiger partial charge on any atom is 0.284 e. The Morgan fingerprint density at radius 1 is 1.50 bits per heavy atom. The molecule has 0 spiro atoms. The fourth-order valence-electron chi connectivity index (χ4n) is 1.94. The highest BCUT2D eigenvalue weighted by molar-refractivity contribution is 5.90. The summed E-state index contributed by atoms with van der Waals surface area (Å²) >= 11 is 0. The summed E-state index contributed by atoms with van der Waals surface area (Å²) in [4.78, 5) is 26.0. The summed E-state index contributed by atoms with van der Waals surface area (Å²) in [5.74, 6) is -2.42. The van der Waals surface area contributed by atoms with Crippen LogP contribution in [0.15, 0.2) is 11.0 Å². The molecule has 1 amide bonds. The highest BCUT2D eigenvalue weighted by Gasteiger charge is 2.44. The average Bonchev–Trinajstić information content (AvgIpc) is 2.68. The van der Waals surface area contributed by atoms with Crippen molar-refractivity contribution in [1.82, 2.24) is 9.55 Å². The number of rotatable bonds is 3. The number of hydrogen-bond acceptors (Lipinski definition) is 7. The molecule has 4 atom stereocenters. The third kappa shape index (κ3) is 2.29. The van der Waals surface area contributed by atoms with Crippen LogP contribution in [-0.4, -0.2) is 55.7 Å². The van der Waals surface area contributed by atoms with Crippen LogP contribution in [0.2, 0.25) is 0 Å². The number of halogens is 1. The molecular weight excluding hydrogens is 277 g/mol. The van der Waals surface area contributed by atoms with Crippen LogP contribution in [0.5, 0.6) is 0 Å². The van der Waals surface area contributed by atoms with E-state index in [-0.39, 0.29) is 0 Å². The minimum atomic E-state index is -1.59. The molecule has 2 heterocycles. The van der Waals surface area contributed by atoms with E-state index < -0.39 is 54.3 Å². The van der Waals surface area contributed by atoms with Crippen molar-refractivity contribution in [1.29, 1.82) is 0 Å². The molecule has 20 heavy (non-hydrogen) atoms. The molecule has 110 valence electrons. The van der Waals surface area contributed by atoms with E-state index in [4.69, 9.17) is 15.6 Å². The fourth-order valence-corrected chi connectivity index (χ4v) is 1.94. The normalized spacial score (nSPS) is 29.6. The van der Waals surface area contributed by atoms with E-state index in [0.717, 1.165) is 0 Å². The largest absolute Gasteiger partial charge is 0.394 e. The lowest BCUT2D eigenvalue weighted by atomic mass is 10.1. The van der Waals surface area contributed by atoms with Gasteiger partial charge in [0.25, 0.3) is 11.5 Å². The SMILES string of the molecule is NC(=O)c1nc(F)cn(C2OC(CO)[C@@H](O)[C@H]2O)c1=O. The lowest BCUT2D eigenvalue weighted by molar-refractivity contribution is -0.0550. The number of nitrogens with zero attached hydrogens (tertiary/aromatic N) is 2. The molecule has 0 bridgehead atoms. The molecule has 0 aromatic carbocycles. The van der Waals surface area contributed by atoms with Crippen molar-refractivity contribution in [2.24, 2.45) is 5.73 Å². The molecule has 1 fully saturated rings. The summed E-state index contributed by atoms with van der Waals surface area (Å²) < 4.78 is 18.9. The van der Waals surface area contributed by atoms with E-state index >= 15 is 0 Å². The Bertz CT molecular complexity index is 591. The number of ether oxygens (including phenoxy) is 1. The van der Waals surface area contributed by atoms with Crippen LogP contribution in [0.1, 0.15) is 16.7 Å². The average molecular weight is 289 g/mol. The molecule has 1 aromatic rings. The second-order valence-corrected chi connectivity index (χ2v) is 4.22. The Labute approximate surface area is 111 Å². The maximum absolute atomic E-state index is 13.3. The van der Waals surface area contributed by atoms with Gasteiger partial charge in [0.1, 0.15) is 18.3 Å². The second-order valence-electron chi connectivity index (χ2n) is 4.22. The molecule has 10 heteroatoms. The third-order valence-corrected chi connectivity index (χ3v) is 2.93. The van der Waals surface area contributed by atoms with E-state index in [9.17, 15) is 24.2 Å². The van der Waals surface area contributed by atoms with Crippen molar-refractivity contribution in [2.75, 3.05) is 6.61 Å². The summed E-state index contributed by atoms with van der Waals surface area (Å²) in [5, 5.41) is 28.3. The van der Waals surface area contributed by atoms with Gasteiger partial charge in [-0.05, 0) is 0 Å². The van der Waals surface area contributed by atoms with Crippen molar-refractivity contribution < 1.29 is 29.2 Å². The number of carbonyl (C=O) groups excluding carboxylic acids is 1. The minimum absolute atomic E-state index is 0.561. The molecule has 2 rings (SSSR count). The van der Waals surface area contributed by atoms with Crippen LogP contribution in [0.25, 0.3) is 0 Å². The quantitative estimate of drug-likeness (QED) is 0.466. The van der Waals surface area contributed by atoms with Crippen molar-refractivity contribution in [3.63, 3.8) is 0 Å². The molecular formula is C10H12FN3O6. The summed E-state index contributed by atoms with van der Waals surface area (Å²) in [6.07, 6.45) is -5.06. The lowest BCUT2D eigenvalue weighted by Gasteiger charge is -2.17. The van der Waals surface area contributed by atoms with Crippen LogP contribution in [0.3, 0.4) is 0 Å². The van der Waals surface area contributed by atoms with Crippen LogP contribution in [-0.2, 0) is 4.74 Å². The van der Waals surface area contributed by atoms with Gasteiger partial charge in [0.15, 0.2) is 11.9 Å². The number of aromatic nitrogens is 2. The van der Waals surface area contributed by atoms with Crippen LogP contribution in [0, 0.1) is 5.95 Å². The van der Waals surface area contributed by atoms with E-state index in [1.165, 1.54) is 0 Å². The number of amides is 1. The zero-order chi connectivity index (χ0) is 15.0. The molecule has 1 saturated heterocycles. The third-order valence-electron chi connectivity index (χ3n) is 2.93. The highest BCUT2D eigenvalue weighted by atomic mass is 19.1. The molecule has 2 unspecified atom stereocenters. The van der Waals surface area contributed by atoms with Gasteiger partial charge in [-0.25, -0.2) is 4.98 Å². The first-order valence-corrected chi connectivity index (χ1v) is 5.57. The van der Waals surface area contributed by atoms with Gasteiger partial charge in [-0.3, -0.25) is 14.2 Å². The summed E-state index contributed by atoms with van der Waals surface area (Å²) in [6, 6.07) is 0. The predicted molar refractivity (Wildman–Crippen MR) is 60.0 cm³/mol. The molecule has 1 aliphatic heterocycles. The Kier molecular flexibility index (Phi) is 3.81. The first-order valence-electron chi connectivity index (χ1n) is 5.57. The number of aliphatic hydroxyl groups is 3.